The molecule has 1 aliphatic heterocycles. The highest BCUT2D eigenvalue weighted by molar-refractivity contribution is 7.17. The second-order valence-electron chi connectivity index (χ2n) is 16.0. The molecule has 2 aromatic carbocycles. The summed E-state index contributed by atoms with van der Waals surface area (Å²) in [6, 6.07) is 24.1. The van der Waals surface area contributed by atoms with Gasteiger partial charge in [-0.2, -0.15) is 26.0 Å². The summed E-state index contributed by atoms with van der Waals surface area (Å²) in [5.41, 5.74) is 2.48. The number of carbonyl (C=O) groups excluding carboxylic acids is 3. The fourth-order valence-electron chi connectivity index (χ4n) is 7.16. The Bertz CT molecular complexity index is 2230. The standard InChI is InChI=1S/C50H61N7O7S/c1-7-11-13-35(9-3)49(60)63-28-25-56(26-29-64-50(61)36(10-4)14-12-8-2)41-21-19-40(20-22-41)55-54-39-17-15-37(16-18-39)43-23-24-44(65-43)45-42(33-53)46(38(31-51)32-52)57(47(45)58)27-30-62-48(59)34(5)6/h15-24,34-36,48,59H,7-14,25-30H2,1-6H3. The molecule has 1 aliphatic rings. The molecule has 2 heterocycles. The van der Waals surface area contributed by atoms with Gasteiger partial charge in [0.05, 0.1) is 59.8 Å². The van der Waals surface area contributed by atoms with E-state index in [-0.39, 0.29) is 78.5 Å². The largest absolute Gasteiger partial charge is 0.464 e. The zero-order chi connectivity index (χ0) is 47.3. The summed E-state index contributed by atoms with van der Waals surface area (Å²) in [7, 11) is 0. The Morgan fingerprint density at radius 2 is 1.29 bits per heavy atom. The van der Waals surface area contributed by atoms with Crippen molar-refractivity contribution < 1.29 is 33.7 Å². The van der Waals surface area contributed by atoms with E-state index < -0.39 is 12.2 Å². The molecule has 14 nitrogen and oxygen atoms in total. The number of azo groups is 1. The summed E-state index contributed by atoms with van der Waals surface area (Å²) in [5, 5.41) is 48.5. The van der Waals surface area contributed by atoms with Crippen LogP contribution in [0.4, 0.5) is 17.1 Å². The van der Waals surface area contributed by atoms with E-state index >= 15 is 0 Å². The van der Waals surface area contributed by atoms with Gasteiger partial charge in [0.1, 0.15) is 31.4 Å². The minimum atomic E-state index is -1.07. The average Bonchev–Trinajstić information content (AvgIpc) is 3.91. The number of unbranched alkanes of at least 4 members (excludes halogenated alkanes) is 2. The van der Waals surface area contributed by atoms with Gasteiger partial charge in [0, 0.05) is 27.9 Å². The van der Waals surface area contributed by atoms with Crippen molar-refractivity contribution in [2.24, 2.45) is 28.0 Å². The lowest BCUT2D eigenvalue weighted by molar-refractivity contribution is -0.149. The van der Waals surface area contributed by atoms with Crippen LogP contribution in [0.25, 0.3) is 16.0 Å². The minimum absolute atomic E-state index is 0.0708. The third kappa shape index (κ3) is 14.4. The predicted octanol–water partition coefficient (Wildman–Crippen LogP) is 10.6. The lowest BCUT2D eigenvalue weighted by atomic mass is 10.00. The molecule has 0 radical (unpaired) electrons. The lowest BCUT2D eigenvalue weighted by Crippen LogP contribution is -2.33. The SMILES string of the molecule is CCCCC(CC)C(=O)OCCN(CCOC(=O)C(CC)CCCC)c1ccc(N=Nc2ccc(-c3ccc(C4=C(C#N)C(=C(C#N)C#N)N(CCOC(O)C(C)C)C4=O)s3)cc2)cc1. The number of nitriles is 3. The molecule has 0 fully saturated rings. The number of aliphatic hydroxyl groups excluding tert-OH is 1. The number of anilines is 1. The van der Waals surface area contributed by atoms with Crippen molar-refractivity contribution in [3.05, 3.63) is 82.4 Å². The highest BCUT2D eigenvalue weighted by atomic mass is 32.1. The van der Waals surface area contributed by atoms with E-state index in [9.17, 15) is 35.3 Å². The van der Waals surface area contributed by atoms with Crippen molar-refractivity contribution in [3.8, 4) is 28.6 Å². The van der Waals surface area contributed by atoms with Gasteiger partial charge >= 0.3 is 11.9 Å². The van der Waals surface area contributed by atoms with E-state index in [1.165, 1.54) is 16.2 Å². The number of hydrogen-bond acceptors (Lipinski definition) is 14. The van der Waals surface area contributed by atoms with E-state index in [1.807, 2.05) is 79.4 Å². The topological polar surface area (TPSA) is 202 Å². The van der Waals surface area contributed by atoms with Crippen LogP contribution in [-0.4, -0.2) is 73.6 Å². The van der Waals surface area contributed by atoms with E-state index in [1.54, 1.807) is 32.1 Å². The van der Waals surface area contributed by atoms with Gasteiger partial charge in [0.25, 0.3) is 5.91 Å². The highest BCUT2D eigenvalue weighted by Crippen LogP contribution is 2.41. The Balaban J connectivity index is 1.46. The van der Waals surface area contributed by atoms with Crippen LogP contribution in [0.15, 0.2) is 87.7 Å². The number of benzene rings is 2. The van der Waals surface area contributed by atoms with Gasteiger partial charge in [-0.3, -0.25) is 14.4 Å². The van der Waals surface area contributed by atoms with Crippen molar-refractivity contribution in [2.45, 2.75) is 99.2 Å². The molecule has 1 N–H and O–H groups in total. The summed E-state index contributed by atoms with van der Waals surface area (Å²) in [6.45, 7) is 12.9. The fraction of sp³-hybridized carbons (Fsp3) is 0.480. The first kappa shape index (κ1) is 51.5. The van der Waals surface area contributed by atoms with E-state index in [2.05, 4.69) is 24.1 Å². The first-order valence-corrected chi connectivity index (χ1v) is 23.4. The first-order valence-electron chi connectivity index (χ1n) is 22.6. The molecule has 3 atom stereocenters. The number of allylic oxidation sites excluding steroid dienone is 2. The monoisotopic (exact) mass is 903 g/mol. The smallest absolute Gasteiger partial charge is 0.308 e. The first-order chi connectivity index (χ1) is 31.4. The Morgan fingerprint density at radius 3 is 1.77 bits per heavy atom. The number of carbonyl (C=O) groups is 3. The summed E-state index contributed by atoms with van der Waals surface area (Å²) in [4.78, 5) is 44.0. The molecule has 0 bridgehead atoms. The van der Waals surface area contributed by atoms with Crippen LogP contribution in [0.5, 0.6) is 0 Å². The van der Waals surface area contributed by atoms with Crippen LogP contribution in [0, 0.1) is 51.7 Å². The number of ether oxygens (including phenoxy) is 3. The predicted molar refractivity (Wildman–Crippen MR) is 250 cm³/mol. The molecule has 1 amide bonds. The molecule has 65 heavy (non-hydrogen) atoms. The van der Waals surface area contributed by atoms with Crippen molar-refractivity contribution in [2.75, 3.05) is 44.4 Å². The molecule has 344 valence electrons. The van der Waals surface area contributed by atoms with Crippen LogP contribution < -0.4 is 4.90 Å². The van der Waals surface area contributed by atoms with Gasteiger partial charge in [0.15, 0.2) is 11.9 Å². The van der Waals surface area contributed by atoms with Crippen molar-refractivity contribution in [3.63, 3.8) is 0 Å². The van der Waals surface area contributed by atoms with Crippen molar-refractivity contribution in [1.82, 2.24) is 4.90 Å². The highest BCUT2D eigenvalue weighted by Gasteiger charge is 2.39. The molecular weight excluding hydrogens is 843 g/mol. The molecule has 3 aromatic rings. The molecule has 4 rings (SSSR count). The minimum Gasteiger partial charge on any atom is -0.464 e. The summed E-state index contributed by atoms with van der Waals surface area (Å²) < 4.78 is 16.9. The second kappa shape index (κ2) is 26.6. The molecular formula is C50H61N7O7S. The van der Waals surface area contributed by atoms with Gasteiger partial charge < -0.3 is 29.1 Å². The maximum atomic E-state index is 13.8. The van der Waals surface area contributed by atoms with Crippen LogP contribution >= 0.6 is 11.3 Å². The van der Waals surface area contributed by atoms with E-state index in [0.717, 1.165) is 67.5 Å². The van der Waals surface area contributed by atoms with Crippen molar-refractivity contribution >= 4 is 51.8 Å². The molecule has 3 unspecified atom stereocenters. The third-order valence-corrected chi connectivity index (χ3v) is 12.3. The zero-order valence-corrected chi connectivity index (χ0v) is 39.2. The number of nitrogens with zero attached hydrogens (tertiary/aromatic N) is 7. The molecule has 0 spiro atoms. The lowest BCUT2D eigenvalue weighted by Gasteiger charge is -2.25. The van der Waals surface area contributed by atoms with Crippen molar-refractivity contribution in [1.29, 1.82) is 15.8 Å². The maximum absolute atomic E-state index is 13.8. The molecule has 15 heteroatoms. The van der Waals surface area contributed by atoms with E-state index in [0.29, 0.717) is 29.3 Å². The number of hydrogen-bond donors (Lipinski definition) is 1. The molecule has 1 aromatic heterocycles. The number of esters is 2. The van der Waals surface area contributed by atoms with Crippen LogP contribution in [-0.2, 0) is 28.6 Å². The van der Waals surface area contributed by atoms with Gasteiger partial charge in [-0.05, 0) is 79.8 Å². The van der Waals surface area contributed by atoms with Crippen LogP contribution in [0.1, 0.15) is 97.8 Å². The van der Waals surface area contributed by atoms with E-state index in [4.69, 9.17) is 14.2 Å². The Kier molecular flexibility index (Phi) is 21.0. The number of thiophene rings is 1. The normalized spacial score (nSPS) is 14.0. The summed E-state index contributed by atoms with van der Waals surface area (Å²) >= 11 is 1.29. The number of aliphatic hydroxyl groups is 1. The fourth-order valence-corrected chi connectivity index (χ4v) is 8.21. The Hall–Kier alpha value is -6.18. The Morgan fingerprint density at radius 1 is 0.769 bits per heavy atom. The van der Waals surface area contributed by atoms with Gasteiger partial charge in [0.2, 0.25) is 0 Å². The maximum Gasteiger partial charge on any atom is 0.308 e. The van der Waals surface area contributed by atoms with Crippen LogP contribution in [0.3, 0.4) is 0 Å². The number of rotatable bonds is 26. The average molecular weight is 904 g/mol. The quantitative estimate of drug-likeness (QED) is 0.0347. The third-order valence-electron chi connectivity index (χ3n) is 11.1. The summed E-state index contributed by atoms with van der Waals surface area (Å²) in [5.74, 6) is -1.33. The molecule has 0 aliphatic carbocycles. The van der Waals surface area contributed by atoms with Gasteiger partial charge in [-0.25, -0.2) is 0 Å². The van der Waals surface area contributed by atoms with Gasteiger partial charge in [-0.1, -0.05) is 79.4 Å². The zero-order valence-electron chi connectivity index (χ0n) is 38.4. The van der Waals surface area contributed by atoms with Crippen LogP contribution in [0.2, 0.25) is 0 Å². The number of amides is 1. The molecule has 0 saturated carbocycles. The van der Waals surface area contributed by atoms with Gasteiger partial charge in [-0.15, -0.1) is 11.3 Å². The second-order valence-corrected chi connectivity index (χ2v) is 17.1. The Labute approximate surface area is 387 Å². The molecule has 0 saturated heterocycles. The summed E-state index contributed by atoms with van der Waals surface area (Å²) in [6.07, 6.45) is 6.01.